The number of carbonyl (C=O) groups is 1. The Labute approximate surface area is 184 Å². The molecule has 8 nitrogen and oxygen atoms in total. The van der Waals surface area contributed by atoms with E-state index < -0.39 is 15.9 Å². The first-order valence-corrected chi connectivity index (χ1v) is 11.4. The quantitative estimate of drug-likeness (QED) is 0.597. The van der Waals surface area contributed by atoms with Crippen LogP contribution in [0.1, 0.15) is 42.7 Å². The van der Waals surface area contributed by atoms with E-state index in [0.29, 0.717) is 24.7 Å². The standard InChI is InChI=1S/C22H30N2O6S/c1-7-29-18-11-9-16(13-20(18)30-8-2)15(3)23-22(25)17-10-12-19(28-6)21(14-17)31(26,27)24(4)5/h9-15H,7-8H2,1-6H3,(H,23,25). The first-order chi connectivity index (χ1) is 14.6. The van der Waals surface area contributed by atoms with Crippen molar-refractivity contribution in [3.63, 3.8) is 0 Å². The second-order valence-corrected chi connectivity index (χ2v) is 9.04. The molecule has 0 fully saturated rings. The molecule has 0 aliphatic rings. The highest BCUT2D eigenvalue weighted by atomic mass is 32.2. The fourth-order valence-corrected chi connectivity index (χ4v) is 3.99. The Morgan fingerprint density at radius 1 is 1.00 bits per heavy atom. The van der Waals surface area contributed by atoms with Gasteiger partial charge < -0.3 is 19.5 Å². The molecular formula is C22H30N2O6S. The van der Waals surface area contributed by atoms with E-state index >= 15 is 0 Å². The zero-order valence-electron chi connectivity index (χ0n) is 18.8. The van der Waals surface area contributed by atoms with Gasteiger partial charge in [-0.05, 0) is 56.7 Å². The van der Waals surface area contributed by atoms with E-state index in [1.54, 1.807) is 0 Å². The van der Waals surface area contributed by atoms with Gasteiger partial charge in [0.2, 0.25) is 10.0 Å². The zero-order chi connectivity index (χ0) is 23.2. The van der Waals surface area contributed by atoms with E-state index in [2.05, 4.69) is 5.32 Å². The SMILES string of the molecule is CCOc1ccc(C(C)NC(=O)c2ccc(OC)c(S(=O)(=O)N(C)C)c2)cc1OCC. The molecule has 2 aromatic rings. The van der Waals surface area contributed by atoms with Crippen LogP contribution < -0.4 is 19.5 Å². The predicted molar refractivity (Wildman–Crippen MR) is 119 cm³/mol. The van der Waals surface area contributed by atoms with E-state index in [-0.39, 0.29) is 22.3 Å². The second kappa shape index (κ2) is 10.5. The summed E-state index contributed by atoms with van der Waals surface area (Å²) in [7, 11) is 0.446. The van der Waals surface area contributed by atoms with Gasteiger partial charge in [0.1, 0.15) is 10.6 Å². The topological polar surface area (TPSA) is 94.2 Å². The predicted octanol–water partition coefficient (Wildman–Crippen LogP) is 3.23. The van der Waals surface area contributed by atoms with E-state index in [4.69, 9.17) is 14.2 Å². The number of benzene rings is 2. The smallest absolute Gasteiger partial charge is 0.251 e. The van der Waals surface area contributed by atoms with Gasteiger partial charge in [-0.1, -0.05) is 6.07 Å². The minimum atomic E-state index is -3.78. The van der Waals surface area contributed by atoms with E-state index in [0.717, 1.165) is 9.87 Å². The van der Waals surface area contributed by atoms with Crippen molar-refractivity contribution in [2.75, 3.05) is 34.4 Å². The Morgan fingerprint density at radius 2 is 1.61 bits per heavy atom. The minimum absolute atomic E-state index is 0.0694. The number of amides is 1. The molecule has 1 N–H and O–H groups in total. The summed E-state index contributed by atoms with van der Waals surface area (Å²) in [6.45, 7) is 6.62. The van der Waals surface area contributed by atoms with Crippen molar-refractivity contribution in [2.24, 2.45) is 0 Å². The number of carbonyl (C=O) groups excluding carboxylic acids is 1. The van der Waals surface area contributed by atoms with Crippen LogP contribution in [0.25, 0.3) is 0 Å². The van der Waals surface area contributed by atoms with Crippen LogP contribution in [0.4, 0.5) is 0 Å². The molecule has 0 aliphatic heterocycles. The van der Waals surface area contributed by atoms with Gasteiger partial charge in [0.05, 0.1) is 26.4 Å². The van der Waals surface area contributed by atoms with Gasteiger partial charge in [-0.25, -0.2) is 12.7 Å². The largest absolute Gasteiger partial charge is 0.495 e. The summed E-state index contributed by atoms with van der Waals surface area (Å²) < 4.78 is 42.7. The highest BCUT2D eigenvalue weighted by Gasteiger charge is 2.24. The van der Waals surface area contributed by atoms with Gasteiger partial charge in [-0.3, -0.25) is 4.79 Å². The summed E-state index contributed by atoms with van der Waals surface area (Å²) in [4.78, 5) is 12.8. The normalized spacial score (nSPS) is 12.4. The van der Waals surface area contributed by atoms with Gasteiger partial charge in [0.25, 0.3) is 5.91 Å². The van der Waals surface area contributed by atoms with Crippen LogP contribution in [0.5, 0.6) is 17.2 Å². The van der Waals surface area contributed by atoms with Crippen LogP contribution in [0, 0.1) is 0 Å². The maximum atomic E-state index is 12.8. The molecule has 0 heterocycles. The first-order valence-electron chi connectivity index (χ1n) is 9.96. The highest BCUT2D eigenvalue weighted by molar-refractivity contribution is 7.89. The monoisotopic (exact) mass is 450 g/mol. The summed E-state index contributed by atoms with van der Waals surface area (Å²) >= 11 is 0. The van der Waals surface area contributed by atoms with Gasteiger partial charge in [-0.15, -0.1) is 0 Å². The second-order valence-electron chi connectivity index (χ2n) is 6.92. The number of nitrogens with zero attached hydrogens (tertiary/aromatic N) is 1. The molecule has 2 rings (SSSR count). The molecule has 1 unspecified atom stereocenters. The molecule has 31 heavy (non-hydrogen) atoms. The molecule has 0 aliphatic carbocycles. The van der Waals surface area contributed by atoms with Crippen molar-refractivity contribution in [3.8, 4) is 17.2 Å². The van der Waals surface area contributed by atoms with Crippen LogP contribution in [0.2, 0.25) is 0 Å². The Kier molecular flexibility index (Phi) is 8.29. The van der Waals surface area contributed by atoms with Crippen molar-refractivity contribution < 1.29 is 27.4 Å². The Hall–Kier alpha value is -2.78. The van der Waals surface area contributed by atoms with Crippen molar-refractivity contribution in [3.05, 3.63) is 47.5 Å². The van der Waals surface area contributed by atoms with Crippen LogP contribution >= 0.6 is 0 Å². The average Bonchev–Trinajstić information content (AvgIpc) is 2.74. The number of nitrogens with one attached hydrogen (secondary N) is 1. The van der Waals surface area contributed by atoms with E-state index in [9.17, 15) is 13.2 Å². The molecule has 1 atom stereocenters. The number of methoxy groups -OCH3 is 1. The van der Waals surface area contributed by atoms with Gasteiger partial charge in [0.15, 0.2) is 11.5 Å². The van der Waals surface area contributed by atoms with Gasteiger partial charge >= 0.3 is 0 Å². The Bertz CT molecular complexity index is 1020. The van der Waals surface area contributed by atoms with E-state index in [1.807, 2.05) is 39.0 Å². The average molecular weight is 451 g/mol. The summed E-state index contributed by atoms with van der Waals surface area (Å²) in [5, 5.41) is 2.89. The molecule has 0 aromatic heterocycles. The molecule has 0 saturated carbocycles. The van der Waals surface area contributed by atoms with Crippen LogP contribution in [0.3, 0.4) is 0 Å². The van der Waals surface area contributed by atoms with Crippen LogP contribution in [-0.4, -0.2) is 53.0 Å². The van der Waals surface area contributed by atoms with Crippen molar-refractivity contribution >= 4 is 15.9 Å². The lowest BCUT2D eigenvalue weighted by Gasteiger charge is -2.19. The van der Waals surface area contributed by atoms with Gasteiger partial charge in [0, 0.05) is 19.7 Å². The lowest BCUT2D eigenvalue weighted by Crippen LogP contribution is -2.27. The lowest BCUT2D eigenvalue weighted by molar-refractivity contribution is 0.0939. The number of hydrogen-bond donors (Lipinski definition) is 1. The lowest BCUT2D eigenvalue weighted by atomic mass is 10.1. The third kappa shape index (κ3) is 5.68. The molecular weight excluding hydrogens is 420 g/mol. The third-order valence-corrected chi connectivity index (χ3v) is 6.44. The zero-order valence-corrected chi connectivity index (χ0v) is 19.6. The van der Waals surface area contributed by atoms with Gasteiger partial charge in [-0.2, -0.15) is 0 Å². The Balaban J connectivity index is 2.30. The summed E-state index contributed by atoms with van der Waals surface area (Å²) in [6, 6.07) is 9.46. The van der Waals surface area contributed by atoms with Crippen molar-refractivity contribution in [2.45, 2.75) is 31.7 Å². The third-order valence-electron chi connectivity index (χ3n) is 4.60. The number of hydrogen-bond acceptors (Lipinski definition) is 6. The fourth-order valence-electron chi connectivity index (χ4n) is 2.92. The summed E-state index contributed by atoms with van der Waals surface area (Å²) in [5.41, 5.74) is 1.04. The molecule has 9 heteroatoms. The van der Waals surface area contributed by atoms with Crippen LogP contribution in [0.15, 0.2) is 41.3 Å². The maximum absolute atomic E-state index is 12.8. The molecule has 1 amide bonds. The molecule has 170 valence electrons. The summed E-state index contributed by atoms with van der Waals surface area (Å²) in [5.74, 6) is 1.01. The first kappa shape index (κ1) is 24.5. The number of sulfonamides is 1. The van der Waals surface area contributed by atoms with Crippen molar-refractivity contribution in [1.82, 2.24) is 9.62 Å². The molecule has 0 radical (unpaired) electrons. The molecule has 0 saturated heterocycles. The molecule has 0 bridgehead atoms. The summed E-state index contributed by atoms with van der Waals surface area (Å²) in [6.07, 6.45) is 0. The minimum Gasteiger partial charge on any atom is -0.495 e. The number of rotatable bonds is 10. The highest BCUT2D eigenvalue weighted by Crippen LogP contribution is 2.31. The molecule has 0 spiro atoms. The van der Waals surface area contributed by atoms with E-state index in [1.165, 1.54) is 39.4 Å². The van der Waals surface area contributed by atoms with Crippen LogP contribution in [-0.2, 0) is 10.0 Å². The van der Waals surface area contributed by atoms with Crippen molar-refractivity contribution in [1.29, 1.82) is 0 Å². The fraction of sp³-hybridized carbons (Fsp3) is 0.409. The number of ether oxygens (including phenoxy) is 3. The maximum Gasteiger partial charge on any atom is 0.251 e. The Morgan fingerprint density at radius 3 is 2.19 bits per heavy atom. The molecule has 2 aromatic carbocycles.